The van der Waals surface area contributed by atoms with Crippen LogP contribution in [0.15, 0.2) is 30.7 Å². The topological polar surface area (TPSA) is 81.1 Å². The van der Waals surface area contributed by atoms with Crippen LogP contribution in [0.1, 0.15) is 16.1 Å². The number of hydrogen-bond donors (Lipinski definition) is 2. The zero-order valence-electron chi connectivity index (χ0n) is 8.50. The molecule has 0 spiro atoms. The number of aromatic nitrogens is 2. The average Bonchev–Trinajstić information content (AvgIpc) is 2.77. The number of hydrogen-bond acceptors (Lipinski definition) is 4. The largest absolute Gasteiger partial charge is 0.399 e. The fraction of sp³-hybridized carbons (Fsp3) is 0.0909. The van der Waals surface area contributed by atoms with Crippen molar-refractivity contribution >= 4 is 12.0 Å². The Morgan fingerprint density at radius 3 is 2.94 bits per heavy atom. The first kappa shape index (κ1) is 10.4. The van der Waals surface area contributed by atoms with E-state index in [0.29, 0.717) is 22.6 Å². The van der Waals surface area contributed by atoms with Crippen LogP contribution in [0.5, 0.6) is 0 Å². The van der Waals surface area contributed by atoms with Gasteiger partial charge in [0.2, 0.25) is 0 Å². The Morgan fingerprint density at radius 1 is 1.50 bits per heavy atom. The highest BCUT2D eigenvalue weighted by atomic mass is 16.3. The quantitative estimate of drug-likeness (QED) is 0.587. The molecule has 0 fully saturated rings. The monoisotopic (exact) mass is 217 g/mol. The Hall–Kier alpha value is -2.14. The van der Waals surface area contributed by atoms with Gasteiger partial charge in [0.25, 0.3) is 0 Å². The van der Waals surface area contributed by atoms with Gasteiger partial charge in [0.1, 0.15) is 0 Å². The Bertz CT molecular complexity index is 520. The third-order valence-electron chi connectivity index (χ3n) is 2.25. The molecule has 0 bridgehead atoms. The third kappa shape index (κ3) is 1.80. The molecule has 0 radical (unpaired) electrons. The highest BCUT2D eigenvalue weighted by Gasteiger charge is 2.05. The molecule has 16 heavy (non-hydrogen) atoms. The average molecular weight is 217 g/mol. The van der Waals surface area contributed by atoms with E-state index in [1.807, 2.05) is 0 Å². The van der Waals surface area contributed by atoms with E-state index in [9.17, 15) is 4.79 Å². The zero-order chi connectivity index (χ0) is 11.5. The number of nitrogens with zero attached hydrogens (tertiary/aromatic N) is 2. The number of nitrogens with two attached hydrogens (primary N) is 1. The predicted octanol–water partition coefficient (Wildman–Crippen LogP) is 0.759. The lowest BCUT2D eigenvalue weighted by atomic mass is 10.1. The Balaban J connectivity index is 2.50. The maximum Gasteiger partial charge on any atom is 0.152 e. The molecular formula is C11H11N3O2. The van der Waals surface area contributed by atoms with Crippen LogP contribution in [0, 0.1) is 0 Å². The van der Waals surface area contributed by atoms with Crippen molar-refractivity contribution in [2.75, 3.05) is 5.73 Å². The fourth-order valence-electron chi connectivity index (χ4n) is 1.48. The van der Waals surface area contributed by atoms with Gasteiger partial charge in [-0.1, -0.05) is 0 Å². The number of carbonyl (C=O) groups is 1. The van der Waals surface area contributed by atoms with Crippen molar-refractivity contribution in [1.82, 2.24) is 9.55 Å². The highest BCUT2D eigenvalue weighted by Crippen LogP contribution is 2.16. The SMILES string of the molecule is Nc1ccc(-n2cnc(CO)c2)c(C=O)c1. The minimum Gasteiger partial charge on any atom is -0.399 e. The molecule has 5 heteroatoms. The molecule has 0 unspecified atom stereocenters. The first-order valence-corrected chi connectivity index (χ1v) is 4.73. The summed E-state index contributed by atoms with van der Waals surface area (Å²) < 4.78 is 1.68. The Labute approximate surface area is 92.2 Å². The molecule has 82 valence electrons. The van der Waals surface area contributed by atoms with E-state index >= 15 is 0 Å². The number of aliphatic hydroxyl groups excluding tert-OH is 1. The number of anilines is 1. The van der Waals surface area contributed by atoms with E-state index < -0.39 is 0 Å². The van der Waals surface area contributed by atoms with Crippen LogP contribution >= 0.6 is 0 Å². The van der Waals surface area contributed by atoms with Gasteiger partial charge in [-0.3, -0.25) is 4.79 Å². The molecular weight excluding hydrogens is 206 g/mol. The molecule has 3 N–H and O–H groups in total. The van der Waals surface area contributed by atoms with E-state index in [1.165, 1.54) is 0 Å². The summed E-state index contributed by atoms with van der Waals surface area (Å²) >= 11 is 0. The van der Waals surface area contributed by atoms with E-state index in [-0.39, 0.29) is 6.61 Å². The highest BCUT2D eigenvalue weighted by molar-refractivity contribution is 5.82. The van der Waals surface area contributed by atoms with Gasteiger partial charge in [0.05, 0.1) is 24.3 Å². The second kappa shape index (κ2) is 4.16. The van der Waals surface area contributed by atoms with Crippen molar-refractivity contribution in [3.8, 4) is 5.69 Å². The van der Waals surface area contributed by atoms with Gasteiger partial charge < -0.3 is 15.4 Å². The second-order valence-corrected chi connectivity index (χ2v) is 3.37. The fourth-order valence-corrected chi connectivity index (χ4v) is 1.48. The van der Waals surface area contributed by atoms with Gasteiger partial charge in [0.15, 0.2) is 6.29 Å². The van der Waals surface area contributed by atoms with Crippen molar-refractivity contribution in [2.45, 2.75) is 6.61 Å². The predicted molar refractivity (Wildman–Crippen MR) is 59.3 cm³/mol. The van der Waals surface area contributed by atoms with Crippen LogP contribution < -0.4 is 5.73 Å². The summed E-state index contributed by atoms with van der Waals surface area (Å²) in [6.45, 7) is -0.127. The second-order valence-electron chi connectivity index (χ2n) is 3.37. The van der Waals surface area contributed by atoms with E-state index in [0.717, 1.165) is 6.29 Å². The number of carbonyl (C=O) groups excluding carboxylic acids is 1. The van der Waals surface area contributed by atoms with Crippen LogP contribution in [-0.4, -0.2) is 20.9 Å². The summed E-state index contributed by atoms with van der Waals surface area (Å²) in [5.41, 5.74) is 7.85. The number of imidazole rings is 1. The zero-order valence-corrected chi connectivity index (χ0v) is 8.50. The summed E-state index contributed by atoms with van der Waals surface area (Å²) in [4.78, 5) is 14.9. The molecule has 0 aliphatic rings. The molecule has 1 aromatic carbocycles. The molecule has 1 heterocycles. The number of aliphatic hydroxyl groups is 1. The van der Waals surface area contributed by atoms with Crippen molar-refractivity contribution in [3.63, 3.8) is 0 Å². The van der Waals surface area contributed by atoms with Crippen LogP contribution in [-0.2, 0) is 6.61 Å². The van der Waals surface area contributed by atoms with E-state index in [2.05, 4.69) is 4.98 Å². The molecule has 0 saturated carbocycles. The molecule has 1 aromatic heterocycles. The van der Waals surface area contributed by atoms with Crippen LogP contribution in [0.25, 0.3) is 5.69 Å². The van der Waals surface area contributed by atoms with Crippen molar-refractivity contribution in [1.29, 1.82) is 0 Å². The molecule has 0 saturated heterocycles. The van der Waals surface area contributed by atoms with Crippen LogP contribution in [0.2, 0.25) is 0 Å². The van der Waals surface area contributed by atoms with Crippen LogP contribution in [0.4, 0.5) is 5.69 Å². The smallest absolute Gasteiger partial charge is 0.152 e. The van der Waals surface area contributed by atoms with Crippen molar-refractivity contribution in [3.05, 3.63) is 42.0 Å². The van der Waals surface area contributed by atoms with Gasteiger partial charge in [-0.2, -0.15) is 0 Å². The van der Waals surface area contributed by atoms with Crippen molar-refractivity contribution in [2.24, 2.45) is 0 Å². The summed E-state index contributed by atoms with van der Waals surface area (Å²) in [6.07, 6.45) is 3.95. The maximum absolute atomic E-state index is 10.9. The number of aldehydes is 1. The van der Waals surface area contributed by atoms with Gasteiger partial charge in [-0.05, 0) is 18.2 Å². The lowest BCUT2D eigenvalue weighted by molar-refractivity contribution is 0.112. The van der Waals surface area contributed by atoms with E-state index in [1.54, 1.807) is 35.3 Å². The summed E-state index contributed by atoms with van der Waals surface area (Å²) in [5.74, 6) is 0. The van der Waals surface area contributed by atoms with Gasteiger partial charge in [0, 0.05) is 17.4 Å². The van der Waals surface area contributed by atoms with Gasteiger partial charge in [-0.15, -0.1) is 0 Å². The summed E-state index contributed by atoms with van der Waals surface area (Å²) in [5, 5.41) is 8.90. The Morgan fingerprint density at radius 2 is 2.31 bits per heavy atom. The van der Waals surface area contributed by atoms with Crippen LogP contribution in [0.3, 0.4) is 0 Å². The maximum atomic E-state index is 10.9. The molecule has 0 amide bonds. The normalized spacial score (nSPS) is 10.3. The molecule has 0 atom stereocenters. The first-order valence-electron chi connectivity index (χ1n) is 4.73. The molecule has 0 aliphatic carbocycles. The standard InChI is InChI=1S/C11H11N3O2/c12-9-1-2-11(8(3-9)5-15)14-4-10(6-16)13-7-14/h1-5,7,16H,6,12H2. The molecule has 0 aliphatic heterocycles. The molecule has 5 nitrogen and oxygen atoms in total. The summed E-state index contributed by atoms with van der Waals surface area (Å²) in [6, 6.07) is 5.05. The minimum absolute atomic E-state index is 0.127. The number of rotatable bonds is 3. The molecule has 2 rings (SSSR count). The number of nitrogen functional groups attached to an aromatic ring is 1. The van der Waals surface area contributed by atoms with Crippen molar-refractivity contribution < 1.29 is 9.90 Å². The Kier molecular flexibility index (Phi) is 2.70. The van der Waals surface area contributed by atoms with Gasteiger partial charge in [-0.25, -0.2) is 4.98 Å². The first-order chi connectivity index (χ1) is 7.74. The van der Waals surface area contributed by atoms with E-state index in [4.69, 9.17) is 10.8 Å². The lowest BCUT2D eigenvalue weighted by Crippen LogP contribution is -1.98. The van der Waals surface area contributed by atoms with Gasteiger partial charge >= 0.3 is 0 Å². The minimum atomic E-state index is -0.127. The lowest BCUT2D eigenvalue weighted by Gasteiger charge is -2.05. The molecule has 2 aromatic rings. The summed E-state index contributed by atoms with van der Waals surface area (Å²) in [7, 11) is 0. The third-order valence-corrected chi connectivity index (χ3v) is 2.25. The number of benzene rings is 1.